The van der Waals surface area contributed by atoms with Crippen LogP contribution in [-0.4, -0.2) is 58.1 Å². The molecule has 2 aromatic rings. The second kappa shape index (κ2) is 8.95. The predicted molar refractivity (Wildman–Crippen MR) is 98.6 cm³/mol. The van der Waals surface area contributed by atoms with Crippen LogP contribution in [0, 0.1) is 0 Å². The standard InChI is InChI=1S/C18H22N2O3.C2HF3O2/c21-17(16-5-2-13-23-16)20-9-3-6-18(20)7-10-19(11-8-18)14-15-4-1-12-22-15;3-2(4,5)1(6)7/h1-2,4-5,12-13H,3,6-11,14H2;(H,6,7). The van der Waals surface area contributed by atoms with Gasteiger partial charge < -0.3 is 18.8 Å². The van der Waals surface area contributed by atoms with E-state index in [1.807, 2.05) is 12.1 Å². The fraction of sp³-hybridized carbons (Fsp3) is 0.500. The zero-order chi connectivity index (χ0) is 21.8. The smallest absolute Gasteiger partial charge is 0.475 e. The number of alkyl halides is 3. The summed E-state index contributed by atoms with van der Waals surface area (Å²) in [4.78, 5) is 26.1. The van der Waals surface area contributed by atoms with Gasteiger partial charge in [0.15, 0.2) is 5.76 Å². The Morgan fingerprint density at radius 3 is 2.20 bits per heavy atom. The third kappa shape index (κ3) is 5.05. The van der Waals surface area contributed by atoms with Crippen LogP contribution in [0.25, 0.3) is 0 Å². The molecule has 0 atom stereocenters. The number of furan rings is 2. The number of piperidine rings is 1. The maximum Gasteiger partial charge on any atom is 0.490 e. The fourth-order valence-corrected chi connectivity index (χ4v) is 4.06. The lowest BCUT2D eigenvalue weighted by Crippen LogP contribution is -2.53. The summed E-state index contributed by atoms with van der Waals surface area (Å²) in [7, 11) is 0. The van der Waals surface area contributed by atoms with Crippen LogP contribution >= 0.6 is 0 Å². The Kier molecular flexibility index (Phi) is 6.55. The van der Waals surface area contributed by atoms with Crippen molar-refractivity contribution in [1.29, 1.82) is 0 Å². The number of amides is 1. The van der Waals surface area contributed by atoms with Crippen molar-refractivity contribution in [3.8, 4) is 0 Å². The molecule has 1 N–H and O–H groups in total. The van der Waals surface area contributed by atoms with Crippen molar-refractivity contribution < 1.29 is 36.7 Å². The van der Waals surface area contributed by atoms with E-state index in [1.54, 1.807) is 24.7 Å². The number of hydrogen-bond donors (Lipinski definition) is 1. The van der Waals surface area contributed by atoms with E-state index >= 15 is 0 Å². The molecule has 0 radical (unpaired) electrons. The first-order valence-electron chi connectivity index (χ1n) is 9.62. The first-order chi connectivity index (χ1) is 14.2. The number of carboxylic acid groups (broad SMARTS) is 1. The molecule has 1 spiro atoms. The van der Waals surface area contributed by atoms with Gasteiger partial charge in [-0.25, -0.2) is 4.79 Å². The third-order valence-corrected chi connectivity index (χ3v) is 5.56. The largest absolute Gasteiger partial charge is 0.490 e. The van der Waals surface area contributed by atoms with Crippen molar-refractivity contribution in [3.63, 3.8) is 0 Å². The van der Waals surface area contributed by atoms with Gasteiger partial charge >= 0.3 is 12.1 Å². The molecule has 10 heteroatoms. The first-order valence-corrected chi connectivity index (χ1v) is 9.62. The van der Waals surface area contributed by atoms with E-state index < -0.39 is 12.1 Å². The lowest BCUT2D eigenvalue weighted by atomic mass is 9.84. The van der Waals surface area contributed by atoms with Gasteiger partial charge in [-0.15, -0.1) is 0 Å². The molecule has 164 valence electrons. The first kappa shape index (κ1) is 21.9. The minimum absolute atomic E-state index is 0.0174. The van der Waals surface area contributed by atoms with Crippen molar-refractivity contribution in [3.05, 3.63) is 48.3 Å². The molecule has 2 aliphatic rings. The highest BCUT2D eigenvalue weighted by molar-refractivity contribution is 5.92. The van der Waals surface area contributed by atoms with Crippen molar-refractivity contribution >= 4 is 11.9 Å². The van der Waals surface area contributed by atoms with Crippen LogP contribution in [0.15, 0.2) is 45.6 Å². The number of carbonyl (C=O) groups is 2. The molecule has 4 heterocycles. The summed E-state index contributed by atoms with van der Waals surface area (Å²) in [6.07, 6.45) is 2.46. The Morgan fingerprint density at radius 2 is 1.67 bits per heavy atom. The Morgan fingerprint density at radius 1 is 1.03 bits per heavy atom. The molecule has 0 aromatic carbocycles. The van der Waals surface area contributed by atoms with Crippen molar-refractivity contribution in [1.82, 2.24) is 9.80 Å². The van der Waals surface area contributed by atoms with E-state index in [1.165, 1.54) is 0 Å². The van der Waals surface area contributed by atoms with Crippen molar-refractivity contribution in [2.75, 3.05) is 19.6 Å². The number of rotatable bonds is 3. The number of likely N-dealkylation sites (tertiary alicyclic amines) is 2. The van der Waals surface area contributed by atoms with Gasteiger partial charge in [0.1, 0.15) is 5.76 Å². The molecule has 0 bridgehead atoms. The van der Waals surface area contributed by atoms with Gasteiger partial charge in [0.05, 0.1) is 19.1 Å². The van der Waals surface area contributed by atoms with E-state index in [-0.39, 0.29) is 11.4 Å². The van der Waals surface area contributed by atoms with Crippen LogP contribution in [0.3, 0.4) is 0 Å². The van der Waals surface area contributed by atoms with E-state index in [2.05, 4.69) is 9.80 Å². The number of carboxylic acids is 1. The van der Waals surface area contributed by atoms with Crippen LogP contribution < -0.4 is 0 Å². The highest BCUT2D eigenvalue weighted by atomic mass is 19.4. The number of carbonyl (C=O) groups excluding carboxylic acids is 1. The molecule has 0 aliphatic carbocycles. The molecule has 0 unspecified atom stereocenters. The molecule has 1 amide bonds. The average Bonchev–Trinajstić information content (AvgIpc) is 3.45. The lowest BCUT2D eigenvalue weighted by molar-refractivity contribution is -0.192. The quantitative estimate of drug-likeness (QED) is 0.801. The lowest BCUT2D eigenvalue weighted by Gasteiger charge is -2.44. The molecule has 2 saturated heterocycles. The summed E-state index contributed by atoms with van der Waals surface area (Å²) in [5.74, 6) is -1.24. The van der Waals surface area contributed by atoms with Gasteiger partial charge in [-0.05, 0) is 49.9 Å². The van der Waals surface area contributed by atoms with E-state index in [4.69, 9.17) is 18.7 Å². The molecular formula is C20H23F3N2O5. The highest BCUT2D eigenvalue weighted by Crippen LogP contribution is 2.39. The molecule has 2 aliphatic heterocycles. The van der Waals surface area contributed by atoms with Crippen molar-refractivity contribution in [2.45, 2.75) is 43.9 Å². The van der Waals surface area contributed by atoms with Crippen molar-refractivity contribution in [2.24, 2.45) is 0 Å². The summed E-state index contributed by atoms with van der Waals surface area (Å²) in [6, 6.07) is 7.50. The summed E-state index contributed by atoms with van der Waals surface area (Å²) in [6.45, 7) is 3.71. The van der Waals surface area contributed by atoms with Crippen LogP contribution in [0.2, 0.25) is 0 Å². The molecule has 0 saturated carbocycles. The number of nitrogens with zero attached hydrogens (tertiary/aromatic N) is 2. The monoisotopic (exact) mass is 428 g/mol. The zero-order valence-electron chi connectivity index (χ0n) is 16.2. The summed E-state index contributed by atoms with van der Waals surface area (Å²) < 4.78 is 42.5. The number of halogens is 3. The minimum Gasteiger partial charge on any atom is -0.475 e. The van der Waals surface area contributed by atoms with Crippen LogP contribution in [-0.2, 0) is 11.3 Å². The molecule has 2 fully saturated rings. The summed E-state index contributed by atoms with van der Waals surface area (Å²) >= 11 is 0. The fourth-order valence-electron chi connectivity index (χ4n) is 4.06. The molecular weight excluding hydrogens is 405 g/mol. The van der Waals surface area contributed by atoms with Gasteiger partial charge in [-0.3, -0.25) is 9.69 Å². The molecule has 2 aromatic heterocycles. The maximum absolute atomic E-state index is 12.7. The third-order valence-electron chi connectivity index (χ3n) is 5.56. The molecule has 30 heavy (non-hydrogen) atoms. The van der Waals surface area contributed by atoms with Crippen LogP contribution in [0.1, 0.15) is 42.0 Å². The molecule has 7 nitrogen and oxygen atoms in total. The van der Waals surface area contributed by atoms with Gasteiger partial charge in [0.2, 0.25) is 0 Å². The van der Waals surface area contributed by atoms with Gasteiger partial charge in [0, 0.05) is 25.2 Å². The average molecular weight is 428 g/mol. The van der Waals surface area contributed by atoms with E-state index in [9.17, 15) is 18.0 Å². The van der Waals surface area contributed by atoms with Gasteiger partial charge in [-0.1, -0.05) is 0 Å². The second-order valence-corrected chi connectivity index (χ2v) is 7.42. The number of hydrogen-bond acceptors (Lipinski definition) is 5. The number of aliphatic carboxylic acids is 1. The van der Waals surface area contributed by atoms with Crippen LogP contribution in [0.4, 0.5) is 13.2 Å². The van der Waals surface area contributed by atoms with E-state index in [0.717, 1.165) is 57.6 Å². The van der Waals surface area contributed by atoms with Gasteiger partial charge in [-0.2, -0.15) is 13.2 Å². The predicted octanol–water partition coefficient (Wildman–Crippen LogP) is 3.78. The maximum atomic E-state index is 12.7. The second-order valence-electron chi connectivity index (χ2n) is 7.42. The molecule has 4 rings (SSSR count). The Bertz CT molecular complexity index is 825. The zero-order valence-corrected chi connectivity index (χ0v) is 16.2. The Balaban J connectivity index is 0.000000318. The Hall–Kier alpha value is -2.75. The van der Waals surface area contributed by atoms with Crippen LogP contribution in [0.5, 0.6) is 0 Å². The topological polar surface area (TPSA) is 87.1 Å². The SMILES string of the molecule is O=C(O)C(F)(F)F.O=C(c1ccco1)N1CCCC12CCN(Cc1ccco1)CC2. The minimum atomic E-state index is -5.08. The Labute approximate surface area is 171 Å². The van der Waals surface area contributed by atoms with Gasteiger partial charge in [0.25, 0.3) is 5.91 Å². The summed E-state index contributed by atoms with van der Waals surface area (Å²) in [5.41, 5.74) is 0.0174. The highest BCUT2D eigenvalue weighted by Gasteiger charge is 2.46. The normalized spacial score (nSPS) is 18.8. The van der Waals surface area contributed by atoms with E-state index in [0.29, 0.717) is 5.76 Å². The summed E-state index contributed by atoms with van der Waals surface area (Å²) in [5, 5.41) is 7.12.